The molecule has 2 aromatic rings. The van der Waals surface area contributed by atoms with E-state index in [2.05, 4.69) is 31.1 Å². The zero-order valence-electron chi connectivity index (χ0n) is 15.8. The van der Waals surface area contributed by atoms with Gasteiger partial charge in [0.15, 0.2) is 11.5 Å². The van der Waals surface area contributed by atoms with Crippen LogP contribution in [0.25, 0.3) is 0 Å². The van der Waals surface area contributed by atoms with E-state index in [1.54, 1.807) is 25.1 Å². The van der Waals surface area contributed by atoms with Crippen LogP contribution in [0, 0.1) is 6.92 Å². The molecule has 0 bridgehead atoms. The molecule has 1 saturated carbocycles. The van der Waals surface area contributed by atoms with Crippen LogP contribution in [-0.2, 0) is 0 Å². The van der Waals surface area contributed by atoms with Gasteiger partial charge in [0, 0.05) is 12.1 Å². The Balaban J connectivity index is 1.84. The van der Waals surface area contributed by atoms with Crippen LogP contribution >= 0.6 is 11.6 Å². The molecule has 29 heavy (non-hydrogen) atoms. The van der Waals surface area contributed by atoms with E-state index in [-0.39, 0.29) is 17.8 Å². The van der Waals surface area contributed by atoms with Gasteiger partial charge < -0.3 is 26.8 Å². The number of carboxylic acid groups (broad SMARTS) is 1. The van der Waals surface area contributed by atoms with Gasteiger partial charge in [0.05, 0.1) is 22.4 Å². The largest absolute Gasteiger partial charge is 0.465 e. The molecule has 10 nitrogen and oxygen atoms in total. The topological polar surface area (TPSA) is 155 Å². The molecule has 1 aliphatic carbocycles. The summed E-state index contributed by atoms with van der Waals surface area (Å²) >= 11 is 6.00. The quantitative estimate of drug-likeness (QED) is 0.478. The van der Waals surface area contributed by atoms with Gasteiger partial charge in [-0.25, -0.2) is 9.78 Å². The zero-order chi connectivity index (χ0) is 21.0. The molecule has 0 radical (unpaired) electrons. The first-order valence-corrected chi connectivity index (χ1v) is 9.55. The van der Waals surface area contributed by atoms with Gasteiger partial charge in [0.2, 0.25) is 0 Å². The number of primary amides is 1. The number of nitrogens with zero attached hydrogens (tertiary/aromatic N) is 3. The van der Waals surface area contributed by atoms with Gasteiger partial charge in [0.25, 0.3) is 5.91 Å². The smallest absolute Gasteiger partial charge is 0.404 e. The number of carbonyl (C=O) groups excluding carboxylic acids is 1. The average Bonchev–Trinajstić information content (AvgIpc) is 2.66. The van der Waals surface area contributed by atoms with Gasteiger partial charge >= 0.3 is 6.09 Å². The Morgan fingerprint density at radius 1 is 1.17 bits per heavy atom. The maximum Gasteiger partial charge on any atom is 0.404 e. The number of aromatic nitrogens is 3. The Morgan fingerprint density at radius 2 is 1.90 bits per heavy atom. The van der Waals surface area contributed by atoms with Gasteiger partial charge in [-0.3, -0.25) is 4.79 Å². The van der Waals surface area contributed by atoms with E-state index in [4.69, 9.17) is 22.4 Å². The first-order valence-electron chi connectivity index (χ1n) is 9.17. The Morgan fingerprint density at radius 3 is 2.55 bits per heavy atom. The van der Waals surface area contributed by atoms with Crippen LogP contribution in [0.3, 0.4) is 0 Å². The van der Waals surface area contributed by atoms with E-state index in [9.17, 15) is 9.59 Å². The van der Waals surface area contributed by atoms with Crippen molar-refractivity contribution < 1.29 is 14.7 Å². The highest BCUT2D eigenvalue weighted by Crippen LogP contribution is 2.25. The lowest BCUT2D eigenvalue weighted by Crippen LogP contribution is -2.48. The number of aryl methyl sites for hydroxylation is 1. The van der Waals surface area contributed by atoms with Gasteiger partial charge in [-0.15, -0.1) is 10.2 Å². The summed E-state index contributed by atoms with van der Waals surface area (Å²) in [4.78, 5) is 27.1. The van der Waals surface area contributed by atoms with Crippen LogP contribution in [0.2, 0.25) is 5.02 Å². The second-order valence-electron chi connectivity index (χ2n) is 6.84. The summed E-state index contributed by atoms with van der Waals surface area (Å²) in [6.45, 7) is 1.76. The Bertz CT molecular complexity index is 924. The van der Waals surface area contributed by atoms with Gasteiger partial charge in [-0.05, 0) is 31.9 Å². The van der Waals surface area contributed by atoms with E-state index < -0.39 is 12.0 Å². The molecule has 2 heterocycles. The number of amides is 2. The number of pyridine rings is 1. The second-order valence-corrected chi connectivity index (χ2v) is 7.24. The molecule has 2 aromatic heterocycles. The summed E-state index contributed by atoms with van der Waals surface area (Å²) in [5.74, 6) is 0.129. The third-order valence-electron chi connectivity index (χ3n) is 4.72. The molecule has 3 rings (SSSR count). The van der Waals surface area contributed by atoms with Crippen molar-refractivity contribution in [2.24, 2.45) is 5.73 Å². The standard InChI is InChI=1S/C18H22ClN7O3/c1-9-10(19)6-7-14(21-9)23-13-8-15(25-26-16(13)17(20)27)22-11-4-2-3-5-12(11)24-18(28)29/h6-8,11-12,24H,2-5H2,1H3,(H2,20,27)(H,28,29)(H2,21,22,23,25)/t11-,12+/m1/s1. The molecule has 1 aliphatic rings. The van der Waals surface area contributed by atoms with Crippen LogP contribution < -0.4 is 21.7 Å². The molecule has 1 fully saturated rings. The number of nitrogens with two attached hydrogens (primary N) is 1. The maximum absolute atomic E-state index is 11.8. The third-order valence-corrected chi connectivity index (χ3v) is 5.12. The summed E-state index contributed by atoms with van der Waals surface area (Å²) < 4.78 is 0. The van der Waals surface area contributed by atoms with Crippen molar-refractivity contribution in [1.29, 1.82) is 0 Å². The minimum absolute atomic E-state index is 0.0335. The SMILES string of the molecule is Cc1nc(Nc2cc(N[C@@H]3CCCC[C@@H]3NC(=O)O)nnc2C(N)=O)ccc1Cl. The van der Waals surface area contributed by atoms with Crippen molar-refractivity contribution in [3.8, 4) is 0 Å². The first-order chi connectivity index (χ1) is 13.8. The summed E-state index contributed by atoms with van der Waals surface area (Å²) in [6, 6.07) is 4.58. The van der Waals surface area contributed by atoms with Crippen molar-refractivity contribution in [2.45, 2.75) is 44.7 Å². The predicted octanol–water partition coefficient (Wildman–Crippen LogP) is 2.67. The van der Waals surface area contributed by atoms with Crippen LogP contribution in [0.5, 0.6) is 0 Å². The average molecular weight is 420 g/mol. The van der Waals surface area contributed by atoms with Crippen molar-refractivity contribution >= 4 is 40.9 Å². The van der Waals surface area contributed by atoms with E-state index in [0.717, 1.165) is 25.7 Å². The molecule has 0 aliphatic heterocycles. The number of hydrogen-bond acceptors (Lipinski definition) is 7. The number of carbonyl (C=O) groups is 2. The number of anilines is 3. The fourth-order valence-electron chi connectivity index (χ4n) is 3.32. The third kappa shape index (κ3) is 5.23. The lowest BCUT2D eigenvalue weighted by Gasteiger charge is -2.32. The fourth-order valence-corrected chi connectivity index (χ4v) is 3.42. The second kappa shape index (κ2) is 8.91. The van der Waals surface area contributed by atoms with Crippen molar-refractivity contribution in [3.63, 3.8) is 0 Å². The molecule has 0 unspecified atom stereocenters. The van der Waals surface area contributed by atoms with E-state index >= 15 is 0 Å². The molecule has 6 N–H and O–H groups in total. The Labute approximate surface area is 172 Å². The molecule has 154 valence electrons. The monoisotopic (exact) mass is 419 g/mol. The van der Waals surface area contributed by atoms with Crippen LogP contribution in [0.15, 0.2) is 18.2 Å². The normalized spacial score (nSPS) is 18.7. The summed E-state index contributed by atoms with van der Waals surface area (Å²) in [5.41, 5.74) is 6.34. The van der Waals surface area contributed by atoms with E-state index in [1.807, 2.05) is 0 Å². The van der Waals surface area contributed by atoms with Crippen LogP contribution in [0.1, 0.15) is 41.9 Å². The molecule has 0 aromatic carbocycles. The highest BCUT2D eigenvalue weighted by Gasteiger charge is 2.27. The molecular weight excluding hydrogens is 398 g/mol. The van der Waals surface area contributed by atoms with Gasteiger partial charge in [-0.2, -0.15) is 0 Å². The highest BCUT2D eigenvalue weighted by atomic mass is 35.5. The number of rotatable bonds is 6. The lowest BCUT2D eigenvalue weighted by atomic mass is 9.90. The molecule has 2 atom stereocenters. The van der Waals surface area contributed by atoms with Gasteiger partial charge in [0.1, 0.15) is 5.82 Å². The molecule has 0 spiro atoms. The highest BCUT2D eigenvalue weighted by molar-refractivity contribution is 6.31. The van der Waals surface area contributed by atoms with E-state index in [1.165, 1.54) is 0 Å². The molecular formula is C18H22ClN7O3. The molecule has 0 saturated heterocycles. The summed E-state index contributed by atoms with van der Waals surface area (Å²) in [6.07, 6.45) is 2.37. The van der Waals surface area contributed by atoms with Crippen LogP contribution in [0.4, 0.5) is 22.1 Å². The number of hydrogen-bond donors (Lipinski definition) is 5. The molecule has 2 amide bonds. The van der Waals surface area contributed by atoms with Crippen molar-refractivity contribution in [1.82, 2.24) is 20.5 Å². The maximum atomic E-state index is 11.8. The van der Waals surface area contributed by atoms with E-state index in [0.29, 0.717) is 28.0 Å². The minimum Gasteiger partial charge on any atom is -0.465 e. The van der Waals surface area contributed by atoms with Crippen molar-refractivity contribution in [2.75, 3.05) is 10.6 Å². The zero-order valence-corrected chi connectivity index (χ0v) is 16.5. The Hall–Kier alpha value is -3.14. The minimum atomic E-state index is -1.06. The number of nitrogens with one attached hydrogen (secondary N) is 3. The summed E-state index contributed by atoms with van der Waals surface area (Å²) in [5, 5.41) is 26.3. The first kappa shape index (κ1) is 20.6. The Kier molecular flexibility index (Phi) is 6.32. The van der Waals surface area contributed by atoms with Crippen LogP contribution in [-0.4, -0.2) is 44.4 Å². The molecule has 11 heteroatoms. The number of halogens is 1. The predicted molar refractivity (Wildman–Crippen MR) is 109 cm³/mol. The fraction of sp³-hybridized carbons (Fsp3) is 0.389. The van der Waals surface area contributed by atoms with Crippen molar-refractivity contribution in [3.05, 3.63) is 34.6 Å². The van der Waals surface area contributed by atoms with Gasteiger partial charge in [-0.1, -0.05) is 24.4 Å². The summed E-state index contributed by atoms with van der Waals surface area (Å²) in [7, 11) is 0. The lowest BCUT2D eigenvalue weighted by molar-refractivity contribution is 0.0995.